The average Bonchev–Trinajstić information content (AvgIpc) is 2.29. The maximum Gasteiger partial charge on any atom is 0.240 e. The molecular weight excluding hydrogens is 250 g/mol. The molecule has 0 saturated heterocycles. The van der Waals surface area contributed by atoms with Gasteiger partial charge in [-0.1, -0.05) is 39.0 Å². The van der Waals surface area contributed by atoms with Gasteiger partial charge in [-0.2, -0.15) is 0 Å². The molecule has 0 aliphatic carbocycles. The van der Waals surface area contributed by atoms with E-state index < -0.39 is 10.0 Å². The summed E-state index contributed by atoms with van der Waals surface area (Å²) in [4.78, 5) is 0.272. The third kappa shape index (κ3) is 4.08. The van der Waals surface area contributed by atoms with Crippen LogP contribution in [0.15, 0.2) is 35.2 Å². The van der Waals surface area contributed by atoms with Crippen LogP contribution < -0.4 is 4.72 Å². The van der Waals surface area contributed by atoms with Crippen LogP contribution >= 0.6 is 0 Å². The van der Waals surface area contributed by atoms with Crippen molar-refractivity contribution in [3.05, 3.63) is 30.3 Å². The minimum atomic E-state index is -3.46. The second-order valence-electron chi connectivity index (χ2n) is 5.26. The minimum absolute atomic E-state index is 0.117. The van der Waals surface area contributed by atoms with Gasteiger partial charge in [0.1, 0.15) is 0 Å². The highest BCUT2D eigenvalue weighted by molar-refractivity contribution is 7.89. The summed E-state index contributed by atoms with van der Waals surface area (Å²) in [5.41, 5.74) is -0.117. The summed E-state index contributed by atoms with van der Waals surface area (Å²) < 4.78 is 31.9. The summed E-state index contributed by atoms with van der Waals surface area (Å²) in [5.74, 6) is 0. The van der Waals surface area contributed by atoms with Crippen LogP contribution in [-0.2, 0) is 14.8 Å². The summed E-state index contributed by atoms with van der Waals surface area (Å²) >= 11 is 0. The standard InChI is InChI=1S/C13H21NO3S/c1-13(2,3)12(17-4)10-14-18(15,16)11-8-6-5-7-9-11/h5-9,12,14H,10H2,1-4H3/t12-/m1/s1. The van der Waals surface area contributed by atoms with E-state index in [9.17, 15) is 8.42 Å². The number of ether oxygens (including phenoxy) is 1. The van der Waals surface area contributed by atoms with Crippen molar-refractivity contribution in [1.82, 2.24) is 4.72 Å². The lowest BCUT2D eigenvalue weighted by Gasteiger charge is -2.29. The van der Waals surface area contributed by atoms with E-state index in [1.165, 1.54) is 0 Å². The summed E-state index contributed by atoms with van der Waals surface area (Å²) in [6, 6.07) is 8.33. The molecule has 5 heteroatoms. The number of methoxy groups -OCH3 is 1. The van der Waals surface area contributed by atoms with Gasteiger partial charge >= 0.3 is 0 Å². The van der Waals surface area contributed by atoms with Gasteiger partial charge < -0.3 is 4.74 Å². The molecule has 1 aromatic rings. The van der Waals surface area contributed by atoms with E-state index in [-0.39, 0.29) is 23.0 Å². The summed E-state index contributed by atoms with van der Waals surface area (Å²) in [6.07, 6.45) is -0.170. The van der Waals surface area contributed by atoms with Crippen molar-refractivity contribution in [2.45, 2.75) is 31.8 Å². The zero-order valence-corrected chi connectivity index (χ0v) is 12.1. The Morgan fingerprint density at radius 3 is 2.22 bits per heavy atom. The van der Waals surface area contributed by atoms with Crippen LogP contribution in [0, 0.1) is 5.41 Å². The summed E-state index contributed by atoms with van der Waals surface area (Å²) in [5, 5.41) is 0. The SMILES string of the molecule is CO[C@H](CNS(=O)(=O)c1ccccc1)C(C)(C)C. The van der Waals surface area contributed by atoms with Crippen LogP contribution in [0.3, 0.4) is 0 Å². The lowest BCUT2D eigenvalue weighted by molar-refractivity contribution is 0.0212. The highest BCUT2D eigenvalue weighted by Gasteiger charge is 2.26. The van der Waals surface area contributed by atoms with Crippen molar-refractivity contribution >= 4 is 10.0 Å². The fourth-order valence-electron chi connectivity index (χ4n) is 1.61. The number of hydrogen-bond acceptors (Lipinski definition) is 3. The van der Waals surface area contributed by atoms with Crippen LogP contribution in [0.1, 0.15) is 20.8 Å². The Morgan fingerprint density at radius 2 is 1.78 bits per heavy atom. The molecule has 1 N–H and O–H groups in total. The second-order valence-corrected chi connectivity index (χ2v) is 7.02. The number of benzene rings is 1. The van der Waals surface area contributed by atoms with Crippen LogP contribution in [0.5, 0.6) is 0 Å². The molecule has 1 rings (SSSR count). The molecule has 0 spiro atoms. The van der Waals surface area contributed by atoms with E-state index in [2.05, 4.69) is 4.72 Å². The smallest absolute Gasteiger partial charge is 0.240 e. The number of hydrogen-bond donors (Lipinski definition) is 1. The van der Waals surface area contributed by atoms with Gasteiger partial charge in [-0.3, -0.25) is 0 Å². The van der Waals surface area contributed by atoms with E-state index in [1.54, 1.807) is 37.4 Å². The number of rotatable bonds is 5. The average molecular weight is 271 g/mol. The minimum Gasteiger partial charge on any atom is -0.380 e. The molecule has 0 saturated carbocycles. The maximum absolute atomic E-state index is 12.0. The Morgan fingerprint density at radius 1 is 1.22 bits per heavy atom. The molecule has 0 aliphatic heterocycles. The van der Waals surface area contributed by atoms with Gasteiger partial charge in [-0.25, -0.2) is 13.1 Å². The maximum atomic E-state index is 12.0. The lowest BCUT2D eigenvalue weighted by Crippen LogP contribution is -2.40. The highest BCUT2D eigenvalue weighted by Crippen LogP contribution is 2.21. The first-order chi connectivity index (χ1) is 8.27. The van der Waals surface area contributed by atoms with Gasteiger partial charge in [0.25, 0.3) is 0 Å². The predicted molar refractivity (Wildman–Crippen MR) is 71.9 cm³/mol. The van der Waals surface area contributed by atoms with Crippen molar-refractivity contribution < 1.29 is 13.2 Å². The van der Waals surface area contributed by atoms with Gasteiger partial charge in [0.15, 0.2) is 0 Å². The van der Waals surface area contributed by atoms with Gasteiger partial charge in [0.05, 0.1) is 11.0 Å². The molecule has 0 aliphatic rings. The van der Waals surface area contributed by atoms with Crippen LogP contribution in [-0.4, -0.2) is 28.2 Å². The monoisotopic (exact) mass is 271 g/mol. The lowest BCUT2D eigenvalue weighted by atomic mass is 9.89. The largest absolute Gasteiger partial charge is 0.380 e. The topological polar surface area (TPSA) is 55.4 Å². The molecule has 18 heavy (non-hydrogen) atoms. The van der Waals surface area contributed by atoms with Crippen molar-refractivity contribution in [2.75, 3.05) is 13.7 Å². The summed E-state index contributed by atoms with van der Waals surface area (Å²) in [7, 11) is -1.87. The van der Waals surface area contributed by atoms with Gasteiger partial charge in [-0.15, -0.1) is 0 Å². The van der Waals surface area contributed by atoms with Crippen LogP contribution in [0.2, 0.25) is 0 Å². The molecule has 0 unspecified atom stereocenters. The molecule has 1 atom stereocenters. The third-order valence-electron chi connectivity index (χ3n) is 2.76. The number of sulfonamides is 1. The first-order valence-corrected chi connectivity index (χ1v) is 7.33. The van der Waals surface area contributed by atoms with Crippen LogP contribution in [0.4, 0.5) is 0 Å². The first kappa shape index (κ1) is 15.1. The zero-order valence-electron chi connectivity index (χ0n) is 11.3. The molecule has 0 amide bonds. The Labute approximate surface area is 109 Å². The summed E-state index contributed by atoms with van der Waals surface area (Å²) in [6.45, 7) is 6.30. The molecule has 0 heterocycles. The van der Waals surface area contributed by atoms with Crippen molar-refractivity contribution in [3.8, 4) is 0 Å². The molecule has 1 aromatic carbocycles. The predicted octanol–water partition coefficient (Wildman–Crippen LogP) is 2.03. The Hall–Kier alpha value is -0.910. The van der Waals surface area contributed by atoms with E-state index in [4.69, 9.17) is 4.74 Å². The van der Waals surface area contributed by atoms with Gasteiger partial charge in [0.2, 0.25) is 10.0 Å². The van der Waals surface area contributed by atoms with E-state index in [0.717, 1.165) is 0 Å². The van der Waals surface area contributed by atoms with E-state index in [1.807, 2.05) is 20.8 Å². The zero-order chi connectivity index (χ0) is 13.8. The van der Waals surface area contributed by atoms with Crippen molar-refractivity contribution in [3.63, 3.8) is 0 Å². The molecule has 0 aromatic heterocycles. The number of nitrogens with one attached hydrogen (secondary N) is 1. The quantitative estimate of drug-likeness (QED) is 0.891. The third-order valence-corrected chi connectivity index (χ3v) is 4.20. The van der Waals surface area contributed by atoms with E-state index in [0.29, 0.717) is 0 Å². The molecular formula is C13H21NO3S. The fourth-order valence-corrected chi connectivity index (χ4v) is 2.66. The normalized spacial score (nSPS) is 14.4. The van der Waals surface area contributed by atoms with Gasteiger partial charge in [0, 0.05) is 13.7 Å². The Bertz CT molecular complexity index is 463. The Balaban J connectivity index is 2.74. The van der Waals surface area contributed by atoms with E-state index >= 15 is 0 Å². The van der Waals surface area contributed by atoms with Gasteiger partial charge in [-0.05, 0) is 17.5 Å². The molecule has 0 fully saturated rings. The Kier molecular flexibility index (Phi) is 4.90. The molecule has 0 bridgehead atoms. The second kappa shape index (κ2) is 5.82. The molecule has 102 valence electrons. The fraction of sp³-hybridized carbons (Fsp3) is 0.538. The van der Waals surface area contributed by atoms with Crippen molar-refractivity contribution in [2.24, 2.45) is 5.41 Å². The highest BCUT2D eigenvalue weighted by atomic mass is 32.2. The molecule has 4 nitrogen and oxygen atoms in total. The molecule has 0 radical (unpaired) electrons. The van der Waals surface area contributed by atoms with Crippen LogP contribution in [0.25, 0.3) is 0 Å². The first-order valence-electron chi connectivity index (χ1n) is 5.85. The van der Waals surface area contributed by atoms with Crippen molar-refractivity contribution in [1.29, 1.82) is 0 Å².